The van der Waals surface area contributed by atoms with Crippen molar-refractivity contribution in [3.63, 3.8) is 0 Å². The maximum absolute atomic E-state index is 12.9. The van der Waals surface area contributed by atoms with E-state index in [0.29, 0.717) is 17.1 Å². The molecule has 1 heterocycles. The van der Waals surface area contributed by atoms with Crippen molar-refractivity contribution in [2.75, 3.05) is 25.7 Å². The van der Waals surface area contributed by atoms with E-state index in [1.807, 2.05) is 6.07 Å². The van der Waals surface area contributed by atoms with Crippen LogP contribution in [-0.2, 0) is 9.59 Å². The van der Waals surface area contributed by atoms with Gasteiger partial charge in [-0.25, -0.2) is 9.69 Å². The summed E-state index contributed by atoms with van der Waals surface area (Å²) in [6, 6.07) is 12.0. The minimum absolute atomic E-state index is 0.199. The highest BCUT2D eigenvalue weighted by Gasteiger charge is 2.36. The Morgan fingerprint density at radius 2 is 1.77 bits per heavy atom. The van der Waals surface area contributed by atoms with Crippen LogP contribution in [0.25, 0.3) is 6.08 Å². The highest BCUT2D eigenvalue weighted by atomic mass is 16.5. The maximum atomic E-state index is 12.9. The average molecular weight is 407 g/mol. The molecule has 0 bridgehead atoms. The number of carbonyl (C=O) groups is 3. The zero-order chi connectivity index (χ0) is 21.7. The number of benzene rings is 2. The number of anilines is 1. The molecule has 3 rings (SSSR count). The molecule has 0 atom stereocenters. The van der Waals surface area contributed by atoms with Crippen molar-refractivity contribution < 1.29 is 28.6 Å². The number of nitriles is 1. The van der Waals surface area contributed by atoms with E-state index >= 15 is 0 Å². The summed E-state index contributed by atoms with van der Waals surface area (Å²) in [6.45, 7) is -0.199. The number of amides is 4. The van der Waals surface area contributed by atoms with Gasteiger partial charge in [-0.2, -0.15) is 5.26 Å². The second-order valence-corrected chi connectivity index (χ2v) is 6.01. The number of rotatable bonds is 6. The Balaban J connectivity index is 1.97. The topological polar surface area (TPSA) is 118 Å². The van der Waals surface area contributed by atoms with Gasteiger partial charge in [0.1, 0.15) is 17.4 Å². The molecule has 0 spiro atoms. The van der Waals surface area contributed by atoms with Gasteiger partial charge in [0.2, 0.25) is 0 Å². The summed E-state index contributed by atoms with van der Waals surface area (Å²) in [6.07, 6.45) is 1.33. The van der Waals surface area contributed by atoms with Gasteiger partial charge in [-0.05, 0) is 48.0 Å². The Morgan fingerprint density at radius 1 is 1.03 bits per heavy atom. The minimum Gasteiger partial charge on any atom is -0.497 e. The van der Waals surface area contributed by atoms with Crippen molar-refractivity contribution in [1.29, 1.82) is 5.26 Å². The highest BCUT2D eigenvalue weighted by molar-refractivity contribution is 6.39. The first kappa shape index (κ1) is 20.4. The van der Waals surface area contributed by atoms with E-state index in [2.05, 4.69) is 5.32 Å². The Morgan fingerprint density at radius 3 is 2.40 bits per heavy atom. The molecule has 0 radical (unpaired) electrons. The molecular formula is C21H17N3O6. The number of methoxy groups -OCH3 is 2. The molecule has 1 saturated heterocycles. The van der Waals surface area contributed by atoms with Crippen molar-refractivity contribution in [2.45, 2.75) is 0 Å². The monoisotopic (exact) mass is 407 g/mol. The second-order valence-electron chi connectivity index (χ2n) is 6.01. The van der Waals surface area contributed by atoms with E-state index in [0.717, 1.165) is 4.90 Å². The first-order chi connectivity index (χ1) is 14.5. The van der Waals surface area contributed by atoms with E-state index in [-0.39, 0.29) is 23.6 Å². The Kier molecular flexibility index (Phi) is 5.98. The maximum Gasteiger partial charge on any atom is 0.335 e. The zero-order valence-corrected chi connectivity index (χ0v) is 16.2. The minimum atomic E-state index is -0.847. The van der Waals surface area contributed by atoms with Gasteiger partial charge in [0.15, 0.2) is 18.1 Å². The second kappa shape index (κ2) is 8.79. The lowest BCUT2D eigenvalue weighted by atomic mass is 10.1. The third kappa shape index (κ3) is 4.07. The van der Waals surface area contributed by atoms with E-state index < -0.39 is 17.8 Å². The third-order valence-corrected chi connectivity index (χ3v) is 4.22. The van der Waals surface area contributed by atoms with Crippen LogP contribution in [0.2, 0.25) is 0 Å². The number of hydrogen-bond donors (Lipinski definition) is 1. The van der Waals surface area contributed by atoms with Crippen LogP contribution in [0, 0.1) is 11.3 Å². The Bertz CT molecular complexity index is 1070. The van der Waals surface area contributed by atoms with Crippen LogP contribution in [-0.4, -0.2) is 38.7 Å². The van der Waals surface area contributed by atoms with Gasteiger partial charge in [0.25, 0.3) is 11.8 Å². The first-order valence-electron chi connectivity index (χ1n) is 8.71. The predicted molar refractivity (Wildman–Crippen MR) is 106 cm³/mol. The van der Waals surface area contributed by atoms with Gasteiger partial charge in [-0.15, -0.1) is 0 Å². The van der Waals surface area contributed by atoms with Crippen molar-refractivity contribution in [3.8, 4) is 23.3 Å². The quantitative estimate of drug-likeness (QED) is 0.576. The van der Waals surface area contributed by atoms with E-state index in [9.17, 15) is 14.4 Å². The van der Waals surface area contributed by atoms with Gasteiger partial charge in [0.05, 0.1) is 19.9 Å². The molecule has 1 aliphatic rings. The predicted octanol–water partition coefficient (Wildman–Crippen LogP) is 2.27. The molecular weight excluding hydrogens is 390 g/mol. The fourth-order valence-electron chi connectivity index (χ4n) is 2.80. The molecule has 0 aliphatic carbocycles. The van der Waals surface area contributed by atoms with Crippen LogP contribution in [0.4, 0.5) is 10.5 Å². The standard InChI is InChI=1S/C21H17N3O6/c1-28-15-6-4-14(5-7-15)24-20(26)16(19(25)23-21(24)27)11-13-3-8-17(29-2)18(12-13)30-10-9-22/h3-8,11-12H,10H2,1-2H3,(H,23,25,27). The van der Waals surface area contributed by atoms with Gasteiger partial charge in [0, 0.05) is 0 Å². The molecule has 0 unspecified atom stereocenters. The highest BCUT2D eigenvalue weighted by Crippen LogP contribution is 2.30. The number of hydrogen-bond acceptors (Lipinski definition) is 7. The largest absolute Gasteiger partial charge is 0.497 e. The lowest BCUT2D eigenvalue weighted by molar-refractivity contribution is -0.122. The number of nitrogens with zero attached hydrogens (tertiary/aromatic N) is 2. The normalized spacial score (nSPS) is 14.9. The number of urea groups is 1. The van der Waals surface area contributed by atoms with Crippen molar-refractivity contribution >= 4 is 29.6 Å². The van der Waals surface area contributed by atoms with Crippen LogP contribution in [0.3, 0.4) is 0 Å². The smallest absolute Gasteiger partial charge is 0.335 e. The summed E-state index contributed by atoms with van der Waals surface area (Å²) in [5.41, 5.74) is 0.498. The van der Waals surface area contributed by atoms with Gasteiger partial charge in [-0.3, -0.25) is 14.9 Å². The van der Waals surface area contributed by atoms with E-state index in [1.54, 1.807) is 24.3 Å². The third-order valence-electron chi connectivity index (χ3n) is 4.22. The van der Waals surface area contributed by atoms with Crippen LogP contribution in [0.1, 0.15) is 5.56 Å². The summed E-state index contributed by atoms with van der Waals surface area (Å²) in [4.78, 5) is 38.4. The van der Waals surface area contributed by atoms with Crippen molar-refractivity contribution in [3.05, 3.63) is 53.6 Å². The van der Waals surface area contributed by atoms with E-state index in [4.69, 9.17) is 19.5 Å². The molecule has 152 valence electrons. The summed E-state index contributed by atoms with van der Waals surface area (Å²) in [5.74, 6) is -0.366. The lowest BCUT2D eigenvalue weighted by Crippen LogP contribution is -2.54. The number of ether oxygens (including phenoxy) is 3. The Labute approximate surface area is 172 Å². The molecule has 4 amide bonds. The van der Waals surface area contributed by atoms with E-state index in [1.165, 1.54) is 38.5 Å². The van der Waals surface area contributed by atoms with Crippen LogP contribution in [0.5, 0.6) is 17.2 Å². The molecule has 0 aromatic heterocycles. The van der Waals surface area contributed by atoms with Crippen LogP contribution < -0.4 is 24.4 Å². The fourth-order valence-corrected chi connectivity index (χ4v) is 2.80. The number of barbiturate groups is 1. The lowest BCUT2D eigenvalue weighted by Gasteiger charge is -2.26. The summed E-state index contributed by atoms with van der Waals surface area (Å²) >= 11 is 0. The van der Waals surface area contributed by atoms with Crippen LogP contribution >= 0.6 is 0 Å². The molecule has 30 heavy (non-hydrogen) atoms. The molecule has 1 fully saturated rings. The molecule has 1 N–H and O–H groups in total. The number of nitrogens with one attached hydrogen (secondary N) is 1. The van der Waals surface area contributed by atoms with Gasteiger partial charge >= 0.3 is 6.03 Å². The molecule has 9 nitrogen and oxygen atoms in total. The summed E-state index contributed by atoms with van der Waals surface area (Å²) in [7, 11) is 2.94. The molecule has 2 aromatic carbocycles. The van der Waals surface area contributed by atoms with Crippen molar-refractivity contribution in [2.24, 2.45) is 0 Å². The fraction of sp³-hybridized carbons (Fsp3) is 0.143. The molecule has 1 aliphatic heterocycles. The molecule has 0 saturated carbocycles. The summed E-state index contributed by atoms with van der Waals surface area (Å²) < 4.78 is 15.6. The SMILES string of the molecule is COc1ccc(N2C(=O)NC(=O)C(=Cc3ccc(OC)c(OCC#N)c3)C2=O)cc1. The number of imide groups is 2. The zero-order valence-electron chi connectivity index (χ0n) is 16.2. The van der Waals surface area contributed by atoms with Crippen LogP contribution in [0.15, 0.2) is 48.0 Å². The average Bonchev–Trinajstić information content (AvgIpc) is 2.75. The van der Waals surface area contributed by atoms with Crippen molar-refractivity contribution in [1.82, 2.24) is 5.32 Å². The first-order valence-corrected chi connectivity index (χ1v) is 8.71. The summed E-state index contributed by atoms with van der Waals surface area (Å²) in [5, 5.41) is 10.9. The molecule has 2 aromatic rings. The Hall–Kier alpha value is -4.32. The molecule has 9 heteroatoms. The van der Waals surface area contributed by atoms with Gasteiger partial charge in [-0.1, -0.05) is 6.07 Å². The van der Waals surface area contributed by atoms with Gasteiger partial charge < -0.3 is 14.2 Å². The number of carbonyl (C=O) groups excluding carboxylic acids is 3.